The number of sulfonamides is 1. The monoisotopic (exact) mass is 278 g/mol. The Morgan fingerprint density at radius 2 is 1.95 bits per heavy atom. The van der Waals surface area contributed by atoms with Crippen LogP contribution in [0.1, 0.15) is 5.69 Å². The fraction of sp³-hybridized carbons (Fsp3) is 0.0833. The van der Waals surface area contributed by atoms with Gasteiger partial charge in [0.05, 0.1) is 23.6 Å². The van der Waals surface area contributed by atoms with Crippen molar-refractivity contribution in [3.63, 3.8) is 0 Å². The lowest BCUT2D eigenvalue weighted by Gasteiger charge is -2.11. The van der Waals surface area contributed by atoms with Crippen molar-refractivity contribution in [1.29, 1.82) is 0 Å². The Balaban J connectivity index is 2.23. The minimum Gasteiger partial charge on any atom is -0.396 e. The van der Waals surface area contributed by atoms with Gasteiger partial charge in [0.1, 0.15) is 4.90 Å². The molecule has 0 unspecified atom stereocenters. The van der Waals surface area contributed by atoms with Crippen LogP contribution in [0.2, 0.25) is 0 Å². The number of hydrogen-bond acceptors (Lipinski definition) is 5. The highest BCUT2D eigenvalue weighted by atomic mass is 32.2. The van der Waals surface area contributed by atoms with Crippen LogP contribution in [0.5, 0.6) is 0 Å². The predicted molar refractivity (Wildman–Crippen MR) is 73.8 cm³/mol. The lowest BCUT2D eigenvalue weighted by molar-refractivity contribution is 0.598. The van der Waals surface area contributed by atoms with Gasteiger partial charge in [0.2, 0.25) is 10.0 Å². The maximum absolute atomic E-state index is 11.3. The molecule has 0 atom stereocenters. The fourth-order valence-electron chi connectivity index (χ4n) is 1.63. The molecule has 5 N–H and O–H groups in total. The number of nitrogens with one attached hydrogen (secondary N) is 1. The Hall–Kier alpha value is -2.12. The molecule has 0 bridgehead atoms. The van der Waals surface area contributed by atoms with E-state index in [-0.39, 0.29) is 10.6 Å². The van der Waals surface area contributed by atoms with Crippen LogP contribution in [-0.4, -0.2) is 13.4 Å². The van der Waals surface area contributed by atoms with Crippen LogP contribution in [0.4, 0.5) is 11.4 Å². The molecule has 100 valence electrons. The number of anilines is 2. The number of nitrogen functional groups attached to an aromatic ring is 1. The van der Waals surface area contributed by atoms with Gasteiger partial charge in [-0.3, -0.25) is 4.98 Å². The maximum Gasteiger partial charge on any atom is 0.240 e. The van der Waals surface area contributed by atoms with Gasteiger partial charge >= 0.3 is 0 Å². The normalized spacial score (nSPS) is 11.2. The van der Waals surface area contributed by atoms with Crippen LogP contribution in [0.25, 0.3) is 0 Å². The summed E-state index contributed by atoms with van der Waals surface area (Å²) < 4.78 is 22.7. The molecule has 0 saturated heterocycles. The predicted octanol–water partition coefficient (Wildman–Crippen LogP) is 0.923. The SMILES string of the molecule is Nc1c(NCc2ccccn2)cccc1S(N)(=O)=O. The van der Waals surface area contributed by atoms with Crippen LogP contribution in [0.15, 0.2) is 47.5 Å². The Kier molecular flexibility index (Phi) is 3.68. The topological polar surface area (TPSA) is 111 Å². The van der Waals surface area contributed by atoms with Gasteiger partial charge in [-0.1, -0.05) is 12.1 Å². The zero-order valence-electron chi connectivity index (χ0n) is 10.1. The first-order valence-corrected chi connectivity index (χ1v) is 7.08. The van der Waals surface area contributed by atoms with Gasteiger partial charge in [0, 0.05) is 6.20 Å². The molecule has 0 aliphatic heterocycles. The van der Waals surface area contributed by atoms with Crippen LogP contribution >= 0.6 is 0 Å². The van der Waals surface area contributed by atoms with Crippen molar-refractivity contribution in [2.24, 2.45) is 5.14 Å². The van der Waals surface area contributed by atoms with E-state index in [9.17, 15) is 8.42 Å². The van der Waals surface area contributed by atoms with E-state index in [0.29, 0.717) is 12.2 Å². The van der Waals surface area contributed by atoms with E-state index < -0.39 is 10.0 Å². The number of pyridine rings is 1. The third kappa shape index (κ3) is 3.21. The molecule has 7 heteroatoms. The minimum absolute atomic E-state index is 0.0847. The average molecular weight is 278 g/mol. The van der Waals surface area contributed by atoms with E-state index in [1.165, 1.54) is 6.07 Å². The molecule has 0 aliphatic carbocycles. The molecule has 0 saturated carbocycles. The van der Waals surface area contributed by atoms with Crippen LogP contribution < -0.4 is 16.2 Å². The van der Waals surface area contributed by atoms with Crippen LogP contribution in [0, 0.1) is 0 Å². The summed E-state index contributed by atoms with van der Waals surface area (Å²) in [5, 5.41) is 8.12. The second-order valence-electron chi connectivity index (χ2n) is 3.94. The summed E-state index contributed by atoms with van der Waals surface area (Å²) in [7, 11) is -3.82. The average Bonchev–Trinajstić information content (AvgIpc) is 2.37. The number of nitrogens with zero attached hydrogens (tertiary/aromatic N) is 1. The quantitative estimate of drug-likeness (QED) is 0.720. The van der Waals surface area contributed by atoms with Gasteiger partial charge in [-0.25, -0.2) is 13.6 Å². The number of benzene rings is 1. The highest BCUT2D eigenvalue weighted by Crippen LogP contribution is 2.25. The summed E-state index contributed by atoms with van der Waals surface area (Å²) >= 11 is 0. The summed E-state index contributed by atoms with van der Waals surface area (Å²) in [6.45, 7) is 0.444. The molecule has 0 aliphatic rings. The third-order valence-corrected chi connectivity index (χ3v) is 3.53. The summed E-state index contributed by atoms with van der Waals surface area (Å²) in [5.74, 6) is 0. The zero-order valence-corrected chi connectivity index (χ0v) is 10.9. The second kappa shape index (κ2) is 5.25. The van der Waals surface area contributed by atoms with E-state index in [1.807, 2.05) is 18.2 Å². The van der Waals surface area contributed by atoms with E-state index in [4.69, 9.17) is 10.9 Å². The maximum atomic E-state index is 11.3. The molecule has 0 fully saturated rings. The molecule has 0 radical (unpaired) electrons. The minimum atomic E-state index is -3.82. The van der Waals surface area contributed by atoms with Gasteiger partial charge in [-0.05, 0) is 24.3 Å². The van der Waals surface area contributed by atoms with Gasteiger partial charge in [-0.2, -0.15) is 0 Å². The second-order valence-corrected chi connectivity index (χ2v) is 5.47. The summed E-state index contributed by atoms with van der Waals surface area (Å²) in [6.07, 6.45) is 1.68. The van der Waals surface area contributed by atoms with E-state index in [2.05, 4.69) is 10.3 Å². The van der Waals surface area contributed by atoms with E-state index in [0.717, 1.165) is 5.69 Å². The summed E-state index contributed by atoms with van der Waals surface area (Å²) in [4.78, 5) is 4.06. The first kappa shape index (κ1) is 13.3. The summed E-state index contributed by atoms with van der Waals surface area (Å²) in [5.41, 5.74) is 7.24. The lowest BCUT2D eigenvalue weighted by atomic mass is 10.2. The highest BCUT2D eigenvalue weighted by Gasteiger charge is 2.14. The zero-order chi connectivity index (χ0) is 13.9. The number of para-hydroxylation sites is 1. The van der Waals surface area contributed by atoms with Gasteiger partial charge < -0.3 is 11.1 Å². The van der Waals surface area contributed by atoms with Crippen LogP contribution in [-0.2, 0) is 16.6 Å². The number of primary sulfonamides is 1. The highest BCUT2D eigenvalue weighted by molar-refractivity contribution is 7.89. The van der Waals surface area contributed by atoms with Crippen molar-refractivity contribution < 1.29 is 8.42 Å². The van der Waals surface area contributed by atoms with Crippen molar-refractivity contribution in [2.75, 3.05) is 11.1 Å². The molecule has 1 aromatic carbocycles. The van der Waals surface area contributed by atoms with Crippen molar-refractivity contribution in [2.45, 2.75) is 11.4 Å². The molecule has 0 spiro atoms. The van der Waals surface area contributed by atoms with Gasteiger partial charge in [0.15, 0.2) is 0 Å². The Morgan fingerprint density at radius 1 is 1.16 bits per heavy atom. The number of aromatic nitrogens is 1. The smallest absolute Gasteiger partial charge is 0.240 e. The first-order chi connectivity index (χ1) is 8.98. The molecule has 1 heterocycles. The molecular weight excluding hydrogens is 264 g/mol. The molecule has 2 aromatic rings. The molecule has 1 aromatic heterocycles. The van der Waals surface area contributed by atoms with Gasteiger partial charge in [-0.15, -0.1) is 0 Å². The number of nitrogens with two attached hydrogens (primary N) is 2. The van der Waals surface area contributed by atoms with Crippen molar-refractivity contribution in [3.8, 4) is 0 Å². The molecule has 2 rings (SSSR count). The Morgan fingerprint density at radius 3 is 2.58 bits per heavy atom. The third-order valence-electron chi connectivity index (χ3n) is 2.56. The van der Waals surface area contributed by atoms with Crippen molar-refractivity contribution >= 4 is 21.4 Å². The van der Waals surface area contributed by atoms with Crippen molar-refractivity contribution in [3.05, 3.63) is 48.3 Å². The van der Waals surface area contributed by atoms with Crippen molar-refractivity contribution in [1.82, 2.24) is 4.98 Å². The Labute approximate surface area is 111 Å². The summed E-state index contributed by atoms with van der Waals surface area (Å²) in [6, 6.07) is 10.2. The molecular formula is C12H14N4O2S. The first-order valence-electron chi connectivity index (χ1n) is 5.53. The molecule has 6 nitrogen and oxygen atoms in total. The van der Waals surface area contributed by atoms with Crippen LogP contribution in [0.3, 0.4) is 0 Å². The van der Waals surface area contributed by atoms with Gasteiger partial charge in [0.25, 0.3) is 0 Å². The molecule has 0 amide bonds. The van der Waals surface area contributed by atoms with E-state index in [1.54, 1.807) is 18.3 Å². The van der Waals surface area contributed by atoms with E-state index >= 15 is 0 Å². The largest absolute Gasteiger partial charge is 0.396 e. The standard InChI is InChI=1S/C12H14N4O2S/c13-12-10(5-3-6-11(12)19(14,17)18)16-8-9-4-1-2-7-15-9/h1-7,16H,8,13H2,(H2,14,17,18). The Bertz CT molecular complexity index is 671. The fourth-order valence-corrected chi connectivity index (χ4v) is 2.32. The number of hydrogen-bond donors (Lipinski definition) is 3. The number of rotatable bonds is 4. The lowest BCUT2D eigenvalue weighted by Crippen LogP contribution is -2.15. The molecule has 19 heavy (non-hydrogen) atoms.